The van der Waals surface area contributed by atoms with Crippen LogP contribution in [0.4, 0.5) is 0 Å². The highest BCUT2D eigenvalue weighted by atomic mass is 32.1. The van der Waals surface area contributed by atoms with Gasteiger partial charge in [0.2, 0.25) is 17.6 Å². The molecule has 0 saturated carbocycles. The minimum atomic E-state index is -0.121. The van der Waals surface area contributed by atoms with E-state index in [-0.39, 0.29) is 18.4 Å². The molecule has 1 N–H and O–H groups in total. The summed E-state index contributed by atoms with van der Waals surface area (Å²) in [6.45, 7) is 2.41. The summed E-state index contributed by atoms with van der Waals surface area (Å²) in [5.41, 5.74) is 2.93. The van der Waals surface area contributed by atoms with Crippen LogP contribution in [0.3, 0.4) is 0 Å². The van der Waals surface area contributed by atoms with Gasteiger partial charge in [0.05, 0.1) is 6.04 Å². The molecule has 0 bridgehead atoms. The van der Waals surface area contributed by atoms with Crippen LogP contribution >= 0.6 is 11.3 Å². The predicted octanol–water partition coefficient (Wildman–Crippen LogP) is 4.58. The largest absolute Gasteiger partial charge is 0.489 e. The zero-order valence-corrected chi connectivity index (χ0v) is 17.8. The molecular weight excluding hydrogens is 412 g/mol. The van der Waals surface area contributed by atoms with E-state index in [1.54, 1.807) is 23.7 Å². The number of ether oxygens (including phenoxy) is 1. The van der Waals surface area contributed by atoms with E-state index in [0.29, 0.717) is 24.7 Å². The highest BCUT2D eigenvalue weighted by molar-refractivity contribution is 7.08. The van der Waals surface area contributed by atoms with Crippen molar-refractivity contribution in [3.63, 3.8) is 0 Å². The van der Waals surface area contributed by atoms with Gasteiger partial charge in [-0.15, -0.1) is 0 Å². The summed E-state index contributed by atoms with van der Waals surface area (Å²) in [5.74, 6) is 1.71. The average Bonchev–Trinajstić information content (AvgIpc) is 3.49. The van der Waals surface area contributed by atoms with Gasteiger partial charge in [-0.1, -0.05) is 23.4 Å². The molecule has 3 heterocycles. The summed E-state index contributed by atoms with van der Waals surface area (Å²) < 4.78 is 11.0. The van der Waals surface area contributed by atoms with Gasteiger partial charge in [0, 0.05) is 41.7 Å². The third-order valence-corrected chi connectivity index (χ3v) is 5.38. The smallest absolute Gasteiger partial charge is 0.227 e. The standard InChI is InChI=1S/C23H22N4O3S/c1-16(18-4-6-20(7-5-18)29-14-17-3-2-11-24-13-17)25-21(28)8-9-22-26-23(27-30-22)19-10-12-31-15-19/h2-7,10-13,15-16H,8-9,14H2,1H3,(H,25,28). The zero-order valence-electron chi connectivity index (χ0n) is 17.0. The maximum atomic E-state index is 12.3. The number of aromatic nitrogens is 3. The number of pyridine rings is 1. The fourth-order valence-corrected chi connectivity index (χ4v) is 3.62. The van der Waals surface area contributed by atoms with E-state index in [0.717, 1.165) is 22.4 Å². The van der Waals surface area contributed by atoms with Crippen molar-refractivity contribution in [2.75, 3.05) is 0 Å². The van der Waals surface area contributed by atoms with Crippen LogP contribution in [0.25, 0.3) is 11.4 Å². The normalized spacial score (nSPS) is 11.8. The Labute approximate surface area is 184 Å². The molecule has 3 aromatic heterocycles. The molecule has 31 heavy (non-hydrogen) atoms. The maximum absolute atomic E-state index is 12.3. The molecule has 0 fully saturated rings. The van der Waals surface area contributed by atoms with Crippen LogP contribution in [-0.4, -0.2) is 21.0 Å². The first kappa shape index (κ1) is 20.7. The number of benzene rings is 1. The van der Waals surface area contributed by atoms with Gasteiger partial charge < -0.3 is 14.6 Å². The maximum Gasteiger partial charge on any atom is 0.227 e. The van der Waals surface area contributed by atoms with Crippen molar-refractivity contribution in [3.8, 4) is 17.1 Å². The second kappa shape index (κ2) is 9.99. The summed E-state index contributed by atoms with van der Waals surface area (Å²) in [6, 6.07) is 13.4. The first-order valence-corrected chi connectivity index (χ1v) is 10.9. The van der Waals surface area contributed by atoms with E-state index in [1.807, 2.05) is 60.1 Å². The number of hydrogen-bond donors (Lipinski definition) is 1. The van der Waals surface area contributed by atoms with Crippen molar-refractivity contribution in [3.05, 3.63) is 82.6 Å². The molecule has 8 heteroatoms. The average molecular weight is 435 g/mol. The van der Waals surface area contributed by atoms with Crippen LogP contribution in [0.5, 0.6) is 5.75 Å². The third-order valence-electron chi connectivity index (χ3n) is 4.70. The lowest BCUT2D eigenvalue weighted by Gasteiger charge is -2.15. The van der Waals surface area contributed by atoms with Crippen LogP contribution in [0.15, 0.2) is 70.1 Å². The lowest BCUT2D eigenvalue weighted by Crippen LogP contribution is -2.26. The van der Waals surface area contributed by atoms with Gasteiger partial charge in [-0.2, -0.15) is 16.3 Å². The fraction of sp³-hybridized carbons (Fsp3) is 0.217. The molecule has 0 spiro atoms. The summed E-state index contributed by atoms with van der Waals surface area (Å²) >= 11 is 1.57. The van der Waals surface area contributed by atoms with Crippen molar-refractivity contribution >= 4 is 17.2 Å². The Morgan fingerprint density at radius 2 is 2.10 bits per heavy atom. The summed E-state index contributed by atoms with van der Waals surface area (Å²) in [5, 5.41) is 10.9. The van der Waals surface area contributed by atoms with Gasteiger partial charge in [-0.05, 0) is 42.1 Å². The molecule has 7 nitrogen and oxygen atoms in total. The molecule has 1 aromatic carbocycles. The molecule has 0 aliphatic heterocycles. The SMILES string of the molecule is CC(NC(=O)CCc1nc(-c2ccsc2)no1)c1ccc(OCc2cccnc2)cc1. The molecule has 1 amide bonds. The lowest BCUT2D eigenvalue weighted by atomic mass is 10.1. The van der Waals surface area contributed by atoms with Gasteiger partial charge in [-0.25, -0.2) is 0 Å². The number of carbonyl (C=O) groups is 1. The van der Waals surface area contributed by atoms with E-state index in [9.17, 15) is 4.79 Å². The second-order valence-corrected chi connectivity index (χ2v) is 7.81. The minimum Gasteiger partial charge on any atom is -0.489 e. The third kappa shape index (κ3) is 5.76. The number of hydrogen-bond acceptors (Lipinski definition) is 7. The predicted molar refractivity (Wildman–Crippen MR) is 118 cm³/mol. The summed E-state index contributed by atoms with van der Waals surface area (Å²) in [4.78, 5) is 20.7. The van der Waals surface area contributed by atoms with Crippen molar-refractivity contribution < 1.29 is 14.1 Å². The fourth-order valence-electron chi connectivity index (χ4n) is 2.99. The Balaban J connectivity index is 1.24. The van der Waals surface area contributed by atoms with E-state index >= 15 is 0 Å². The van der Waals surface area contributed by atoms with Gasteiger partial charge >= 0.3 is 0 Å². The first-order chi connectivity index (χ1) is 15.2. The van der Waals surface area contributed by atoms with Crippen molar-refractivity contribution in [2.24, 2.45) is 0 Å². The Hall–Kier alpha value is -3.52. The first-order valence-electron chi connectivity index (χ1n) is 9.93. The molecule has 1 atom stereocenters. The minimum absolute atomic E-state index is 0.0697. The number of carbonyl (C=O) groups excluding carboxylic acids is 1. The number of amides is 1. The monoisotopic (exact) mass is 434 g/mol. The summed E-state index contributed by atoms with van der Waals surface area (Å²) in [7, 11) is 0. The molecule has 0 aliphatic rings. The Morgan fingerprint density at radius 1 is 1.23 bits per heavy atom. The Kier molecular flexibility index (Phi) is 6.68. The van der Waals surface area contributed by atoms with Crippen LogP contribution in [0, 0.1) is 0 Å². The highest BCUT2D eigenvalue weighted by Crippen LogP contribution is 2.20. The van der Waals surface area contributed by atoms with Gasteiger partial charge in [0.1, 0.15) is 12.4 Å². The summed E-state index contributed by atoms with van der Waals surface area (Å²) in [6.07, 6.45) is 4.19. The van der Waals surface area contributed by atoms with Crippen LogP contribution < -0.4 is 10.1 Å². The molecular formula is C23H22N4O3S. The molecule has 4 aromatic rings. The van der Waals surface area contributed by atoms with E-state index in [4.69, 9.17) is 9.26 Å². The highest BCUT2D eigenvalue weighted by Gasteiger charge is 2.13. The molecule has 0 aliphatic carbocycles. The number of nitrogens with zero attached hydrogens (tertiary/aromatic N) is 3. The molecule has 4 rings (SSSR count). The van der Waals surface area contributed by atoms with Gasteiger partial charge in [0.25, 0.3) is 0 Å². The number of nitrogens with one attached hydrogen (secondary N) is 1. The van der Waals surface area contributed by atoms with Crippen molar-refractivity contribution in [1.82, 2.24) is 20.4 Å². The Bertz CT molecular complexity index is 1100. The van der Waals surface area contributed by atoms with Gasteiger partial charge in [-0.3, -0.25) is 9.78 Å². The zero-order chi connectivity index (χ0) is 21.5. The molecule has 0 saturated heterocycles. The van der Waals surface area contributed by atoms with Crippen LogP contribution in [-0.2, 0) is 17.8 Å². The van der Waals surface area contributed by atoms with Crippen LogP contribution in [0.1, 0.15) is 36.4 Å². The van der Waals surface area contributed by atoms with Crippen LogP contribution in [0.2, 0.25) is 0 Å². The molecule has 0 radical (unpaired) electrons. The quantitative estimate of drug-likeness (QED) is 0.415. The molecule has 1 unspecified atom stereocenters. The van der Waals surface area contributed by atoms with Crippen molar-refractivity contribution in [1.29, 1.82) is 0 Å². The van der Waals surface area contributed by atoms with E-state index < -0.39 is 0 Å². The second-order valence-electron chi connectivity index (χ2n) is 7.03. The number of rotatable bonds is 9. The van der Waals surface area contributed by atoms with E-state index in [2.05, 4.69) is 20.4 Å². The number of thiophene rings is 1. The van der Waals surface area contributed by atoms with Crippen molar-refractivity contribution in [2.45, 2.75) is 32.4 Å². The lowest BCUT2D eigenvalue weighted by molar-refractivity contribution is -0.121. The molecule has 158 valence electrons. The number of aryl methyl sites for hydroxylation is 1. The van der Waals surface area contributed by atoms with Gasteiger partial charge in [0.15, 0.2) is 0 Å². The topological polar surface area (TPSA) is 90.1 Å². The van der Waals surface area contributed by atoms with E-state index in [1.165, 1.54) is 0 Å². The Morgan fingerprint density at radius 3 is 2.84 bits per heavy atom.